The topological polar surface area (TPSA) is 82.1 Å². The number of rotatable bonds is 10. The van der Waals surface area contributed by atoms with Crippen LogP contribution in [0.25, 0.3) is 0 Å². The number of carbonyl (C=O) groups is 1. The minimum atomic E-state index is -3.81. The summed E-state index contributed by atoms with van der Waals surface area (Å²) < 4.78 is 31.5. The zero-order valence-electron chi connectivity index (χ0n) is 21.6. The maximum absolute atomic E-state index is 14.1. The van der Waals surface area contributed by atoms with Gasteiger partial charge in [0.25, 0.3) is 0 Å². The predicted octanol–water partition coefficient (Wildman–Crippen LogP) is 6.65. The number of hydrogen-bond donors (Lipinski definition) is 1. The van der Waals surface area contributed by atoms with E-state index in [1.54, 1.807) is 32.9 Å². The van der Waals surface area contributed by atoms with Crippen molar-refractivity contribution in [1.29, 1.82) is 0 Å². The molecule has 0 aromatic heterocycles. The minimum absolute atomic E-state index is 0.00928. The zero-order valence-corrected chi connectivity index (χ0v) is 22.5. The smallest absolute Gasteiger partial charge is 0.361 e. The van der Waals surface area contributed by atoms with E-state index in [0.29, 0.717) is 10.9 Å². The van der Waals surface area contributed by atoms with Gasteiger partial charge in [-0.15, -0.1) is 0 Å². The molecule has 3 aromatic carbocycles. The van der Waals surface area contributed by atoms with Gasteiger partial charge in [-0.05, 0) is 50.1 Å². The van der Waals surface area contributed by atoms with Gasteiger partial charge < -0.3 is 18.9 Å². The van der Waals surface area contributed by atoms with Crippen LogP contribution in [0.2, 0.25) is 0 Å². The van der Waals surface area contributed by atoms with Crippen molar-refractivity contribution in [2.45, 2.75) is 65.3 Å². The molecule has 0 saturated heterocycles. The Morgan fingerprint density at radius 2 is 1.31 bits per heavy atom. The Kier molecular flexibility index (Phi) is 8.78. The van der Waals surface area contributed by atoms with E-state index in [0.717, 1.165) is 11.1 Å². The maximum atomic E-state index is 14.1. The molecular formula is C29H35O6P. The van der Waals surface area contributed by atoms with E-state index in [4.69, 9.17) is 13.8 Å². The Morgan fingerprint density at radius 1 is 0.806 bits per heavy atom. The third-order valence-corrected chi connectivity index (χ3v) is 7.37. The van der Waals surface area contributed by atoms with Crippen LogP contribution >= 0.6 is 7.60 Å². The Bertz CT molecular complexity index is 1150. The Balaban J connectivity index is 1.92. The summed E-state index contributed by atoms with van der Waals surface area (Å²) in [5.74, 6) is -0.397. The standard InChI is InChI=1S/C29H35O6P/c1-28(2,3)35-27(31)19-29(4,5)25-18-24(16-17-26(25)30)36(32,33-20-22-12-8-6-9-13-22)34-21-23-14-10-7-11-15-23/h6-18,30H,19-21H2,1-5H3. The van der Waals surface area contributed by atoms with Gasteiger partial charge in [0.2, 0.25) is 0 Å². The number of ether oxygens (including phenoxy) is 1. The molecule has 192 valence electrons. The largest absolute Gasteiger partial charge is 0.508 e. The summed E-state index contributed by atoms with van der Waals surface area (Å²) in [5, 5.41) is 11.0. The first kappa shape index (κ1) is 27.7. The summed E-state index contributed by atoms with van der Waals surface area (Å²) in [7, 11) is -3.81. The van der Waals surface area contributed by atoms with Crippen molar-refractivity contribution < 1.29 is 28.3 Å². The summed E-state index contributed by atoms with van der Waals surface area (Å²) >= 11 is 0. The molecule has 3 aromatic rings. The van der Waals surface area contributed by atoms with Crippen molar-refractivity contribution in [1.82, 2.24) is 0 Å². The van der Waals surface area contributed by atoms with Crippen LogP contribution < -0.4 is 5.30 Å². The van der Waals surface area contributed by atoms with Gasteiger partial charge >= 0.3 is 13.6 Å². The highest BCUT2D eigenvalue weighted by Crippen LogP contribution is 2.50. The fourth-order valence-corrected chi connectivity index (χ4v) is 5.28. The first-order valence-electron chi connectivity index (χ1n) is 11.9. The van der Waals surface area contributed by atoms with Crippen LogP contribution in [0.5, 0.6) is 5.75 Å². The molecule has 3 rings (SSSR count). The van der Waals surface area contributed by atoms with E-state index in [-0.39, 0.29) is 31.4 Å². The van der Waals surface area contributed by atoms with E-state index < -0.39 is 18.6 Å². The van der Waals surface area contributed by atoms with Crippen LogP contribution in [0, 0.1) is 0 Å². The molecular weight excluding hydrogens is 475 g/mol. The average molecular weight is 511 g/mol. The third-order valence-electron chi connectivity index (χ3n) is 5.52. The molecule has 36 heavy (non-hydrogen) atoms. The monoisotopic (exact) mass is 510 g/mol. The van der Waals surface area contributed by atoms with Gasteiger partial charge in [-0.25, -0.2) is 0 Å². The molecule has 0 aliphatic heterocycles. The molecule has 6 nitrogen and oxygen atoms in total. The van der Waals surface area contributed by atoms with Crippen molar-refractivity contribution in [2.75, 3.05) is 0 Å². The summed E-state index contributed by atoms with van der Waals surface area (Å²) in [5.41, 5.74) is 0.739. The molecule has 0 unspecified atom stereocenters. The van der Waals surface area contributed by atoms with E-state index >= 15 is 0 Å². The second-order valence-corrected chi connectivity index (χ2v) is 12.4. The summed E-state index contributed by atoms with van der Waals surface area (Å²) in [6, 6.07) is 23.5. The zero-order chi connectivity index (χ0) is 26.4. The Morgan fingerprint density at radius 3 is 1.78 bits per heavy atom. The number of phenols is 1. The number of aromatic hydroxyl groups is 1. The van der Waals surface area contributed by atoms with Crippen molar-refractivity contribution in [2.24, 2.45) is 0 Å². The first-order valence-corrected chi connectivity index (χ1v) is 13.5. The molecule has 0 fully saturated rings. The van der Waals surface area contributed by atoms with E-state index in [1.165, 1.54) is 6.07 Å². The van der Waals surface area contributed by atoms with Gasteiger partial charge in [0.15, 0.2) is 0 Å². The normalized spacial score (nSPS) is 12.4. The molecule has 0 bridgehead atoms. The predicted molar refractivity (Wildman–Crippen MR) is 141 cm³/mol. The highest BCUT2D eigenvalue weighted by molar-refractivity contribution is 7.62. The maximum Gasteiger partial charge on any atom is 0.361 e. The van der Waals surface area contributed by atoms with Crippen LogP contribution in [0.15, 0.2) is 78.9 Å². The second-order valence-electron chi connectivity index (χ2n) is 10.4. The minimum Gasteiger partial charge on any atom is -0.508 e. The lowest BCUT2D eigenvalue weighted by Crippen LogP contribution is -2.30. The molecule has 0 aliphatic rings. The third kappa shape index (κ3) is 7.79. The molecule has 0 heterocycles. The van der Waals surface area contributed by atoms with Gasteiger partial charge in [0, 0.05) is 11.0 Å². The molecule has 0 saturated carbocycles. The summed E-state index contributed by atoms with van der Waals surface area (Å²) in [6.07, 6.45) is 0.0291. The van der Waals surface area contributed by atoms with Crippen LogP contribution in [0.4, 0.5) is 0 Å². The SMILES string of the molecule is CC(C)(C)OC(=O)CC(C)(C)c1cc(P(=O)(OCc2ccccc2)OCc2ccccc2)ccc1O. The Labute approximate surface area is 213 Å². The summed E-state index contributed by atoms with van der Waals surface area (Å²) in [4.78, 5) is 12.6. The first-order chi connectivity index (χ1) is 16.9. The summed E-state index contributed by atoms with van der Waals surface area (Å²) in [6.45, 7) is 9.25. The number of carbonyl (C=O) groups excluding carboxylic acids is 1. The van der Waals surface area contributed by atoms with Crippen LogP contribution in [0.3, 0.4) is 0 Å². The van der Waals surface area contributed by atoms with Gasteiger partial charge in [0.05, 0.1) is 24.9 Å². The second kappa shape index (κ2) is 11.4. The molecule has 0 atom stereocenters. The van der Waals surface area contributed by atoms with Crippen LogP contribution in [-0.2, 0) is 41.8 Å². The number of phenolic OH excluding ortho intramolecular Hbond substituents is 1. The molecule has 0 spiro atoms. The molecule has 0 aliphatic carbocycles. The van der Waals surface area contributed by atoms with Gasteiger partial charge in [-0.2, -0.15) is 0 Å². The molecule has 7 heteroatoms. The number of esters is 1. The fraction of sp³-hybridized carbons (Fsp3) is 0.345. The van der Waals surface area contributed by atoms with Crippen LogP contribution in [0.1, 0.15) is 57.7 Å². The molecule has 0 amide bonds. The lowest BCUT2D eigenvalue weighted by molar-refractivity contribution is -0.156. The highest BCUT2D eigenvalue weighted by atomic mass is 31.2. The highest BCUT2D eigenvalue weighted by Gasteiger charge is 2.34. The number of hydrogen-bond acceptors (Lipinski definition) is 6. The van der Waals surface area contributed by atoms with E-state index in [2.05, 4.69) is 0 Å². The van der Waals surface area contributed by atoms with Gasteiger partial charge in [-0.3, -0.25) is 9.36 Å². The van der Waals surface area contributed by atoms with Gasteiger partial charge in [0.1, 0.15) is 11.4 Å². The van der Waals surface area contributed by atoms with E-state index in [9.17, 15) is 14.5 Å². The number of benzene rings is 3. The lowest BCUT2D eigenvalue weighted by Gasteiger charge is -2.29. The Hall–Kier alpha value is -2.92. The average Bonchev–Trinajstić information content (AvgIpc) is 2.81. The van der Waals surface area contributed by atoms with Crippen molar-refractivity contribution >= 4 is 18.9 Å². The molecule has 1 N–H and O–H groups in total. The van der Waals surface area contributed by atoms with E-state index in [1.807, 2.05) is 74.5 Å². The van der Waals surface area contributed by atoms with Crippen LogP contribution in [-0.4, -0.2) is 16.7 Å². The van der Waals surface area contributed by atoms with Crippen molar-refractivity contribution in [3.05, 3.63) is 95.6 Å². The van der Waals surface area contributed by atoms with Gasteiger partial charge in [-0.1, -0.05) is 74.5 Å². The molecule has 0 radical (unpaired) electrons. The quantitative estimate of drug-likeness (QED) is 0.243. The lowest BCUT2D eigenvalue weighted by atomic mass is 9.81. The van der Waals surface area contributed by atoms with Crippen molar-refractivity contribution in [3.63, 3.8) is 0 Å². The fourth-order valence-electron chi connectivity index (χ4n) is 3.72. The van der Waals surface area contributed by atoms with Crippen molar-refractivity contribution in [3.8, 4) is 5.75 Å².